The Hall–Kier alpha value is -1.88. The van der Waals surface area contributed by atoms with E-state index >= 15 is 0 Å². The molecule has 0 amide bonds. The molecule has 18 heavy (non-hydrogen) atoms. The molecule has 1 aromatic carbocycles. The molecule has 0 aliphatic rings. The number of benzene rings is 1. The molecule has 0 aliphatic carbocycles. The van der Waals surface area contributed by atoms with E-state index in [-0.39, 0.29) is 4.99 Å². The number of aromatic nitrogens is 1. The maximum absolute atomic E-state index is 5.61. The van der Waals surface area contributed by atoms with Crippen molar-refractivity contribution in [3.63, 3.8) is 0 Å². The average Bonchev–Trinajstić information content (AvgIpc) is 2.36. The smallest absolute Gasteiger partial charge is 0.162 e. The van der Waals surface area contributed by atoms with Crippen molar-refractivity contribution < 1.29 is 9.47 Å². The van der Waals surface area contributed by atoms with E-state index in [2.05, 4.69) is 4.98 Å². The Labute approximate surface area is 111 Å². The molecular weight excluding hydrogens is 248 g/mol. The molecule has 1 aromatic heterocycles. The predicted octanol–water partition coefficient (Wildman–Crippen LogP) is 2.19. The summed E-state index contributed by atoms with van der Waals surface area (Å²) in [6, 6.07) is 5.60. The Morgan fingerprint density at radius 3 is 2.33 bits per heavy atom. The van der Waals surface area contributed by atoms with Crippen molar-refractivity contribution in [1.29, 1.82) is 0 Å². The van der Waals surface area contributed by atoms with Gasteiger partial charge in [0.05, 0.1) is 25.4 Å². The minimum atomic E-state index is 0.287. The maximum Gasteiger partial charge on any atom is 0.162 e. The van der Waals surface area contributed by atoms with E-state index in [9.17, 15) is 0 Å². The van der Waals surface area contributed by atoms with Gasteiger partial charge < -0.3 is 15.2 Å². The summed E-state index contributed by atoms with van der Waals surface area (Å²) in [6.45, 7) is 1.98. The molecule has 0 unspecified atom stereocenters. The minimum absolute atomic E-state index is 0.287. The normalized spacial score (nSPS) is 10.4. The van der Waals surface area contributed by atoms with Crippen molar-refractivity contribution in [3.8, 4) is 11.5 Å². The zero-order valence-corrected chi connectivity index (χ0v) is 11.3. The topological polar surface area (TPSA) is 57.4 Å². The van der Waals surface area contributed by atoms with E-state index < -0.39 is 0 Å². The second-order valence-corrected chi connectivity index (χ2v) is 4.35. The number of rotatable bonds is 3. The highest BCUT2D eigenvalue weighted by Gasteiger charge is 2.10. The highest BCUT2D eigenvalue weighted by atomic mass is 32.1. The van der Waals surface area contributed by atoms with Crippen LogP contribution in [0.1, 0.15) is 11.3 Å². The number of nitrogens with zero attached hydrogens (tertiary/aromatic N) is 1. The summed E-state index contributed by atoms with van der Waals surface area (Å²) in [5.41, 5.74) is 8.06. The van der Waals surface area contributed by atoms with Gasteiger partial charge in [0.2, 0.25) is 0 Å². The lowest BCUT2D eigenvalue weighted by atomic mass is 10.1. The summed E-state index contributed by atoms with van der Waals surface area (Å²) >= 11 is 4.95. The Morgan fingerprint density at radius 1 is 1.17 bits per heavy atom. The number of ether oxygens (including phenoxy) is 2. The number of methoxy groups -OCH3 is 2. The Balaban J connectivity index is 2.76. The maximum atomic E-state index is 5.61. The van der Waals surface area contributed by atoms with E-state index in [1.807, 2.05) is 25.1 Å². The third kappa shape index (κ3) is 2.09. The first-order chi connectivity index (χ1) is 8.56. The molecule has 2 N–H and O–H groups in total. The molecule has 0 saturated carbocycles. The minimum Gasteiger partial charge on any atom is -0.493 e. The lowest BCUT2D eigenvalue weighted by Gasteiger charge is -2.11. The number of fused-ring (bicyclic) bond motifs is 1. The first kappa shape index (κ1) is 12.6. The van der Waals surface area contributed by atoms with Crippen LogP contribution in [-0.2, 0) is 0 Å². The Morgan fingerprint density at radius 2 is 1.78 bits per heavy atom. The molecule has 5 heteroatoms. The van der Waals surface area contributed by atoms with Crippen LogP contribution >= 0.6 is 12.2 Å². The number of pyridine rings is 1. The summed E-state index contributed by atoms with van der Waals surface area (Å²) in [4.78, 5) is 4.70. The molecule has 0 atom stereocenters. The highest BCUT2D eigenvalue weighted by molar-refractivity contribution is 7.80. The quantitative estimate of drug-likeness (QED) is 0.859. The van der Waals surface area contributed by atoms with Gasteiger partial charge in [0.25, 0.3) is 0 Å². The zero-order valence-electron chi connectivity index (χ0n) is 10.5. The molecule has 94 valence electrons. The van der Waals surface area contributed by atoms with Gasteiger partial charge >= 0.3 is 0 Å². The number of hydrogen-bond acceptors (Lipinski definition) is 4. The van der Waals surface area contributed by atoms with Crippen LogP contribution in [0.4, 0.5) is 0 Å². The third-order valence-corrected chi connectivity index (χ3v) is 2.98. The summed E-state index contributed by atoms with van der Waals surface area (Å²) in [5, 5.41) is 0.993. The summed E-state index contributed by atoms with van der Waals surface area (Å²) in [6.07, 6.45) is 0. The summed E-state index contributed by atoms with van der Waals surface area (Å²) < 4.78 is 10.5. The average molecular weight is 262 g/mol. The number of aryl methyl sites for hydroxylation is 1. The van der Waals surface area contributed by atoms with E-state index in [1.165, 1.54) is 0 Å². The van der Waals surface area contributed by atoms with Gasteiger partial charge in [-0.2, -0.15) is 0 Å². The molecule has 0 fully saturated rings. The largest absolute Gasteiger partial charge is 0.493 e. The lowest BCUT2D eigenvalue weighted by molar-refractivity contribution is 0.356. The van der Waals surface area contributed by atoms with Gasteiger partial charge in [0.15, 0.2) is 11.5 Å². The molecule has 2 rings (SSSR count). The molecule has 2 aromatic rings. The van der Waals surface area contributed by atoms with Crippen molar-refractivity contribution in [2.24, 2.45) is 5.73 Å². The van der Waals surface area contributed by atoms with Crippen LogP contribution in [0.2, 0.25) is 0 Å². The van der Waals surface area contributed by atoms with Crippen molar-refractivity contribution in [2.45, 2.75) is 6.92 Å². The number of nitrogens with two attached hydrogens (primary N) is 1. The van der Waals surface area contributed by atoms with Gasteiger partial charge in [-0.05, 0) is 24.6 Å². The van der Waals surface area contributed by atoms with Gasteiger partial charge in [-0.25, -0.2) is 4.98 Å². The molecule has 0 saturated heterocycles. The van der Waals surface area contributed by atoms with Crippen LogP contribution in [0.3, 0.4) is 0 Å². The van der Waals surface area contributed by atoms with E-state index in [0.29, 0.717) is 17.2 Å². The van der Waals surface area contributed by atoms with Gasteiger partial charge in [-0.1, -0.05) is 12.2 Å². The van der Waals surface area contributed by atoms with Crippen LogP contribution < -0.4 is 15.2 Å². The van der Waals surface area contributed by atoms with Gasteiger partial charge in [0.1, 0.15) is 4.99 Å². The lowest BCUT2D eigenvalue weighted by Crippen LogP contribution is -2.12. The number of hydrogen-bond donors (Lipinski definition) is 1. The fourth-order valence-corrected chi connectivity index (χ4v) is 1.95. The van der Waals surface area contributed by atoms with Gasteiger partial charge in [0, 0.05) is 11.5 Å². The fourth-order valence-electron chi connectivity index (χ4n) is 1.85. The molecular formula is C13H14N2O2S. The van der Waals surface area contributed by atoms with E-state index in [1.54, 1.807) is 14.2 Å². The Kier molecular flexibility index (Phi) is 3.34. The van der Waals surface area contributed by atoms with Crippen LogP contribution in [-0.4, -0.2) is 24.2 Å². The van der Waals surface area contributed by atoms with Crippen molar-refractivity contribution >= 4 is 28.1 Å². The molecule has 0 radical (unpaired) electrons. The molecule has 0 spiro atoms. The number of thiocarbonyl (C=S) groups is 1. The standard InChI is InChI=1S/C13H14N2O2S/c1-7-4-10(13(14)18)15-9-6-12(17-3)11(16-2)5-8(7)9/h4-6H,1-3H3,(H2,14,18). The van der Waals surface area contributed by atoms with E-state index in [4.69, 9.17) is 27.4 Å². The van der Waals surface area contributed by atoms with Crippen LogP contribution in [0, 0.1) is 6.92 Å². The van der Waals surface area contributed by atoms with Gasteiger partial charge in [-0.3, -0.25) is 0 Å². The van der Waals surface area contributed by atoms with Crippen LogP contribution in [0.25, 0.3) is 10.9 Å². The first-order valence-corrected chi connectivity index (χ1v) is 5.81. The monoisotopic (exact) mass is 262 g/mol. The fraction of sp³-hybridized carbons (Fsp3) is 0.231. The molecule has 0 bridgehead atoms. The third-order valence-electron chi connectivity index (χ3n) is 2.77. The molecule has 4 nitrogen and oxygen atoms in total. The summed E-state index contributed by atoms with van der Waals surface area (Å²) in [5.74, 6) is 1.31. The summed E-state index contributed by atoms with van der Waals surface area (Å²) in [7, 11) is 3.20. The van der Waals surface area contributed by atoms with Gasteiger partial charge in [-0.15, -0.1) is 0 Å². The molecule has 1 heterocycles. The zero-order chi connectivity index (χ0) is 13.3. The van der Waals surface area contributed by atoms with Crippen LogP contribution in [0.15, 0.2) is 18.2 Å². The highest BCUT2D eigenvalue weighted by Crippen LogP contribution is 2.32. The Bertz CT molecular complexity index is 626. The first-order valence-electron chi connectivity index (χ1n) is 5.40. The second-order valence-electron chi connectivity index (χ2n) is 3.91. The van der Waals surface area contributed by atoms with Crippen molar-refractivity contribution in [1.82, 2.24) is 4.98 Å². The SMILES string of the molecule is COc1cc2nc(C(N)=S)cc(C)c2cc1OC. The molecule has 0 aliphatic heterocycles. The van der Waals surface area contributed by atoms with E-state index in [0.717, 1.165) is 16.5 Å². The van der Waals surface area contributed by atoms with Crippen LogP contribution in [0.5, 0.6) is 11.5 Å². The van der Waals surface area contributed by atoms with Crippen molar-refractivity contribution in [2.75, 3.05) is 14.2 Å². The van der Waals surface area contributed by atoms with Crippen molar-refractivity contribution in [3.05, 3.63) is 29.5 Å². The second kappa shape index (κ2) is 4.78. The predicted molar refractivity (Wildman–Crippen MR) is 75.5 cm³/mol.